The topological polar surface area (TPSA) is 54.9 Å². The normalized spacial score (nSPS) is 11.5. The van der Waals surface area contributed by atoms with Crippen LogP contribution in [0.15, 0.2) is 72.9 Å². The summed E-state index contributed by atoms with van der Waals surface area (Å²) in [5.74, 6) is -0.711. The van der Waals surface area contributed by atoms with E-state index in [-0.39, 0.29) is 10.8 Å². The molecular weight excluding hydrogens is 415 g/mol. The summed E-state index contributed by atoms with van der Waals surface area (Å²) in [4.78, 5) is 21.3. The van der Waals surface area contributed by atoms with Crippen molar-refractivity contribution in [3.63, 3.8) is 0 Å². The number of nitrogens with zero attached hydrogens (tertiary/aromatic N) is 2. The van der Waals surface area contributed by atoms with E-state index in [1.54, 1.807) is 30.3 Å². The molecule has 2 heterocycles. The lowest BCUT2D eigenvalue weighted by atomic mass is 10.0. The molecule has 0 aliphatic heterocycles. The zero-order chi connectivity index (χ0) is 21.3. The molecule has 0 spiro atoms. The van der Waals surface area contributed by atoms with Gasteiger partial charge < -0.3 is 5.32 Å². The van der Waals surface area contributed by atoms with Gasteiger partial charge in [0.1, 0.15) is 0 Å². The van der Waals surface area contributed by atoms with Crippen molar-refractivity contribution in [2.24, 2.45) is 0 Å². The molecule has 2 aromatic carbocycles. The Morgan fingerprint density at radius 3 is 2.37 bits per heavy atom. The molecule has 0 atom stereocenters. The van der Waals surface area contributed by atoms with Crippen LogP contribution in [0, 0.1) is 0 Å². The maximum Gasteiger partial charge on any atom is 0.417 e. The van der Waals surface area contributed by atoms with Gasteiger partial charge in [0.05, 0.1) is 27.4 Å². The molecule has 8 heteroatoms. The number of pyridine rings is 2. The van der Waals surface area contributed by atoms with E-state index >= 15 is 0 Å². The highest BCUT2D eigenvalue weighted by molar-refractivity contribution is 6.33. The molecule has 2 aromatic heterocycles. The lowest BCUT2D eigenvalue weighted by Gasteiger charge is -2.12. The van der Waals surface area contributed by atoms with Crippen LogP contribution in [-0.2, 0) is 6.18 Å². The summed E-state index contributed by atoms with van der Waals surface area (Å²) in [5.41, 5.74) is 1.33. The van der Waals surface area contributed by atoms with Crippen LogP contribution < -0.4 is 5.32 Å². The predicted molar refractivity (Wildman–Crippen MR) is 109 cm³/mol. The molecule has 0 aliphatic rings. The standard InChI is InChI=1S/C22H13ClF3N3O/c23-17-10-14(22(24,25)26)12-27-20(17)29-21(30)16-11-19(13-6-2-1-3-7-13)28-18-9-5-4-8-15(16)18/h1-12H,(H,27,29,30). The first kappa shape index (κ1) is 19.8. The molecule has 0 unspecified atom stereocenters. The zero-order valence-electron chi connectivity index (χ0n) is 15.2. The smallest absolute Gasteiger partial charge is 0.305 e. The average molecular weight is 428 g/mol. The van der Waals surface area contributed by atoms with Crippen molar-refractivity contribution in [3.8, 4) is 11.3 Å². The number of benzene rings is 2. The van der Waals surface area contributed by atoms with Crippen LogP contribution in [0.4, 0.5) is 19.0 Å². The second-order valence-corrected chi connectivity index (χ2v) is 6.85. The summed E-state index contributed by atoms with van der Waals surface area (Å²) in [7, 11) is 0. The van der Waals surface area contributed by atoms with Crippen molar-refractivity contribution in [1.82, 2.24) is 9.97 Å². The summed E-state index contributed by atoms with van der Waals surface area (Å²) in [6.07, 6.45) is -3.95. The molecule has 4 aromatic rings. The Hall–Kier alpha value is -3.45. The largest absolute Gasteiger partial charge is 0.417 e. The predicted octanol–water partition coefficient (Wildman–Crippen LogP) is 6.22. The van der Waals surface area contributed by atoms with Crippen LogP contribution in [0.1, 0.15) is 15.9 Å². The van der Waals surface area contributed by atoms with E-state index in [4.69, 9.17) is 11.6 Å². The average Bonchev–Trinajstić information content (AvgIpc) is 2.74. The van der Waals surface area contributed by atoms with E-state index in [0.29, 0.717) is 28.4 Å². The monoisotopic (exact) mass is 427 g/mol. The zero-order valence-corrected chi connectivity index (χ0v) is 16.0. The van der Waals surface area contributed by atoms with Crippen molar-refractivity contribution in [2.45, 2.75) is 6.18 Å². The highest BCUT2D eigenvalue weighted by Gasteiger charge is 2.31. The fourth-order valence-corrected chi connectivity index (χ4v) is 3.19. The molecule has 1 amide bonds. The van der Waals surface area contributed by atoms with Gasteiger partial charge in [-0.15, -0.1) is 0 Å². The maximum atomic E-state index is 13.0. The molecule has 0 saturated carbocycles. The molecular formula is C22H13ClF3N3O. The highest BCUT2D eigenvalue weighted by atomic mass is 35.5. The van der Waals surface area contributed by atoms with E-state index in [1.165, 1.54) is 0 Å². The number of hydrogen-bond acceptors (Lipinski definition) is 3. The van der Waals surface area contributed by atoms with Gasteiger partial charge in [-0.3, -0.25) is 4.79 Å². The number of halogens is 4. The molecule has 0 aliphatic carbocycles. The SMILES string of the molecule is O=C(Nc1ncc(C(F)(F)F)cc1Cl)c1cc(-c2ccccc2)nc2ccccc12. The first-order valence-corrected chi connectivity index (χ1v) is 9.20. The number of carbonyl (C=O) groups excluding carboxylic acids is 1. The van der Waals surface area contributed by atoms with Crippen molar-refractivity contribution in [3.05, 3.63) is 89.1 Å². The number of hydrogen-bond donors (Lipinski definition) is 1. The summed E-state index contributed by atoms with van der Waals surface area (Å²) in [5, 5.41) is 2.79. The Kier molecular flexibility index (Phi) is 5.13. The third kappa shape index (κ3) is 3.97. The van der Waals surface area contributed by atoms with Gasteiger partial charge in [0, 0.05) is 17.1 Å². The number of aromatic nitrogens is 2. The van der Waals surface area contributed by atoms with Gasteiger partial charge in [-0.1, -0.05) is 60.1 Å². The van der Waals surface area contributed by atoms with E-state index < -0.39 is 17.6 Å². The number of fused-ring (bicyclic) bond motifs is 1. The summed E-state index contributed by atoms with van der Waals surface area (Å²) >= 11 is 5.92. The number of alkyl halides is 3. The van der Waals surface area contributed by atoms with E-state index in [2.05, 4.69) is 15.3 Å². The third-order valence-electron chi connectivity index (χ3n) is 4.43. The molecule has 1 N–H and O–H groups in total. The van der Waals surface area contributed by atoms with Gasteiger partial charge in [-0.25, -0.2) is 9.97 Å². The summed E-state index contributed by atoms with van der Waals surface area (Å²) in [6.45, 7) is 0. The van der Waals surface area contributed by atoms with Gasteiger partial charge in [0.2, 0.25) is 0 Å². The number of anilines is 1. The molecule has 4 rings (SSSR count). The van der Waals surface area contributed by atoms with Crippen molar-refractivity contribution in [2.75, 3.05) is 5.32 Å². The van der Waals surface area contributed by atoms with Crippen LogP contribution in [-0.4, -0.2) is 15.9 Å². The first-order chi connectivity index (χ1) is 14.3. The number of nitrogens with one attached hydrogen (secondary N) is 1. The Morgan fingerprint density at radius 2 is 1.67 bits per heavy atom. The van der Waals surface area contributed by atoms with Crippen LogP contribution in [0.3, 0.4) is 0 Å². The maximum absolute atomic E-state index is 13.0. The van der Waals surface area contributed by atoms with Crippen LogP contribution >= 0.6 is 11.6 Å². The van der Waals surface area contributed by atoms with Gasteiger partial charge in [0.15, 0.2) is 5.82 Å². The molecule has 150 valence electrons. The fraction of sp³-hybridized carbons (Fsp3) is 0.0455. The lowest BCUT2D eigenvalue weighted by Crippen LogP contribution is -2.15. The lowest BCUT2D eigenvalue weighted by molar-refractivity contribution is -0.137. The summed E-state index contributed by atoms with van der Waals surface area (Å²) < 4.78 is 38.4. The van der Waals surface area contributed by atoms with Crippen LogP contribution in [0.5, 0.6) is 0 Å². The minimum atomic E-state index is -4.58. The Bertz CT molecular complexity index is 1240. The second kappa shape index (κ2) is 7.76. The number of carbonyl (C=O) groups is 1. The fourth-order valence-electron chi connectivity index (χ4n) is 2.98. The Labute approximate surface area is 174 Å². The highest BCUT2D eigenvalue weighted by Crippen LogP contribution is 2.33. The quantitative estimate of drug-likeness (QED) is 0.422. The Morgan fingerprint density at radius 1 is 0.967 bits per heavy atom. The minimum Gasteiger partial charge on any atom is -0.305 e. The number of rotatable bonds is 3. The van der Waals surface area contributed by atoms with Gasteiger partial charge in [-0.2, -0.15) is 13.2 Å². The van der Waals surface area contributed by atoms with Gasteiger partial charge in [-0.05, 0) is 18.2 Å². The molecule has 4 nitrogen and oxygen atoms in total. The second-order valence-electron chi connectivity index (χ2n) is 6.44. The first-order valence-electron chi connectivity index (χ1n) is 8.82. The van der Waals surface area contributed by atoms with Gasteiger partial charge >= 0.3 is 6.18 Å². The molecule has 30 heavy (non-hydrogen) atoms. The third-order valence-corrected chi connectivity index (χ3v) is 4.72. The van der Waals surface area contributed by atoms with E-state index in [1.807, 2.05) is 30.3 Å². The van der Waals surface area contributed by atoms with Crippen LogP contribution in [0.2, 0.25) is 5.02 Å². The molecule has 0 radical (unpaired) electrons. The van der Waals surface area contributed by atoms with Crippen molar-refractivity contribution >= 4 is 34.2 Å². The molecule has 0 saturated heterocycles. The van der Waals surface area contributed by atoms with Gasteiger partial charge in [0.25, 0.3) is 5.91 Å². The van der Waals surface area contributed by atoms with E-state index in [0.717, 1.165) is 11.6 Å². The summed E-state index contributed by atoms with van der Waals surface area (Å²) in [6, 6.07) is 18.8. The molecule has 0 bridgehead atoms. The molecule has 0 fully saturated rings. The van der Waals surface area contributed by atoms with Crippen molar-refractivity contribution in [1.29, 1.82) is 0 Å². The van der Waals surface area contributed by atoms with E-state index in [9.17, 15) is 18.0 Å². The van der Waals surface area contributed by atoms with Crippen LogP contribution in [0.25, 0.3) is 22.2 Å². The number of para-hydroxylation sites is 1. The Balaban J connectivity index is 1.75. The van der Waals surface area contributed by atoms with Crippen molar-refractivity contribution < 1.29 is 18.0 Å². The minimum absolute atomic E-state index is 0.156. The number of amides is 1.